The second kappa shape index (κ2) is 9.32. The molecule has 1 heterocycles. The summed E-state index contributed by atoms with van der Waals surface area (Å²) in [6.45, 7) is 1.94. The first kappa shape index (κ1) is 21.7. The molecule has 1 saturated heterocycles. The minimum absolute atomic E-state index is 0.0532. The second-order valence-electron chi connectivity index (χ2n) is 7.50. The quantitative estimate of drug-likeness (QED) is 0.558. The molecule has 0 spiro atoms. The van der Waals surface area contributed by atoms with E-state index >= 15 is 0 Å². The van der Waals surface area contributed by atoms with Gasteiger partial charge in [0.1, 0.15) is 5.75 Å². The molecular weight excluding hydrogens is 426 g/mol. The van der Waals surface area contributed by atoms with Gasteiger partial charge >= 0.3 is 0 Å². The van der Waals surface area contributed by atoms with Crippen LogP contribution in [0.2, 0.25) is 0 Å². The van der Waals surface area contributed by atoms with Crippen molar-refractivity contribution >= 4 is 33.0 Å². The molecule has 8 heteroatoms. The van der Waals surface area contributed by atoms with Crippen molar-refractivity contribution in [1.29, 1.82) is 0 Å². The van der Waals surface area contributed by atoms with E-state index in [2.05, 4.69) is 14.9 Å². The molecule has 1 amide bonds. The summed E-state index contributed by atoms with van der Waals surface area (Å²) in [6.07, 6.45) is 2.28. The van der Waals surface area contributed by atoms with E-state index in [1.54, 1.807) is 24.3 Å². The lowest BCUT2D eigenvalue weighted by atomic mass is 10.2. The predicted molar refractivity (Wildman–Crippen MR) is 126 cm³/mol. The Hall–Kier alpha value is -3.52. The number of ether oxygens (including phenoxy) is 1. The number of nitrogens with zero attached hydrogens (tertiary/aromatic N) is 1. The number of methoxy groups -OCH3 is 1. The number of nitrogens with one attached hydrogen (secondary N) is 2. The molecule has 0 atom stereocenters. The molecule has 0 aliphatic carbocycles. The lowest BCUT2D eigenvalue weighted by Gasteiger charge is -2.21. The Morgan fingerprint density at radius 1 is 0.875 bits per heavy atom. The van der Waals surface area contributed by atoms with Gasteiger partial charge in [0.2, 0.25) is 0 Å². The summed E-state index contributed by atoms with van der Waals surface area (Å²) in [7, 11) is -2.36. The summed E-state index contributed by atoms with van der Waals surface area (Å²) in [5.74, 6) is 0.127. The van der Waals surface area contributed by atoms with Crippen molar-refractivity contribution in [2.75, 3.05) is 35.1 Å². The van der Waals surface area contributed by atoms with Crippen LogP contribution >= 0.6 is 0 Å². The number of rotatable bonds is 7. The maximum absolute atomic E-state index is 12.8. The molecule has 4 rings (SSSR count). The van der Waals surface area contributed by atoms with Gasteiger partial charge in [-0.05, 0) is 61.4 Å². The lowest BCUT2D eigenvalue weighted by molar-refractivity contribution is 0.102. The van der Waals surface area contributed by atoms with Crippen LogP contribution in [0.1, 0.15) is 23.2 Å². The number of hydrogen-bond donors (Lipinski definition) is 2. The van der Waals surface area contributed by atoms with Gasteiger partial charge < -0.3 is 15.0 Å². The smallest absolute Gasteiger partial charge is 0.262 e. The molecule has 166 valence electrons. The molecule has 0 bridgehead atoms. The van der Waals surface area contributed by atoms with E-state index in [9.17, 15) is 13.2 Å². The topological polar surface area (TPSA) is 87.7 Å². The Bertz CT molecular complexity index is 1200. The maximum Gasteiger partial charge on any atom is 0.262 e. The van der Waals surface area contributed by atoms with E-state index in [4.69, 9.17) is 4.74 Å². The molecule has 1 aliphatic heterocycles. The van der Waals surface area contributed by atoms with Gasteiger partial charge in [0.25, 0.3) is 15.9 Å². The first-order valence-electron chi connectivity index (χ1n) is 10.4. The second-order valence-corrected chi connectivity index (χ2v) is 9.18. The molecule has 0 unspecified atom stereocenters. The lowest BCUT2D eigenvalue weighted by Crippen LogP contribution is -2.21. The van der Waals surface area contributed by atoms with Crippen LogP contribution in [0, 0.1) is 0 Å². The highest BCUT2D eigenvalue weighted by molar-refractivity contribution is 7.92. The molecule has 0 aromatic heterocycles. The first-order valence-corrected chi connectivity index (χ1v) is 11.9. The summed E-state index contributed by atoms with van der Waals surface area (Å²) < 4.78 is 33.2. The molecule has 0 radical (unpaired) electrons. The zero-order chi connectivity index (χ0) is 22.6. The Morgan fingerprint density at radius 2 is 1.50 bits per heavy atom. The van der Waals surface area contributed by atoms with Crippen LogP contribution in [-0.2, 0) is 10.0 Å². The number of hydrogen-bond acceptors (Lipinski definition) is 5. The fourth-order valence-corrected chi connectivity index (χ4v) is 4.80. The van der Waals surface area contributed by atoms with E-state index in [1.165, 1.54) is 31.4 Å². The Morgan fingerprint density at radius 3 is 2.19 bits per heavy atom. The molecule has 1 aliphatic rings. The van der Waals surface area contributed by atoms with Crippen molar-refractivity contribution in [3.05, 3.63) is 78.4 Å². The minimum atomic E-state index is -3.83. The fraction of sp³-hybridized carbons (Fsp3) is 0.208. The van der Waals surface area contributed by atoms with Crippen LogP contribution in [0.5, 0.6) is 5.75 Å². The standard InChI is InChI=1S/C24H25N3O4S/c1-31-23-11-5-3-9-21(23)26-32(29,30)19-14-12-18(13-15-19)24(28)25-20-8-2-4-10-22(20)27-16-6-7-17-27/h2-5,8-15,26H,6-7,16-17H2,1H3,(H,25,28). The highest BCUT2D eigenvalue weighted by Gasteiger charge is 2.19. The van der Waals surface area contributed by atoms with E-state index < -0.39 is 10.0 Å². The van der Waals surface area contributed by atoms with Crippen LogP contribution in [0.25, 0.3) is 0 Å². The monoisotopic (exact) mass is 451 g/mol. The van der Waals surface area contributed by atoms with Gasteiger partial charge in [-0.2, -0.15) is 0 Å². The molecule has 7 nitrogen and oxygen atoms in total. The molecule has 2 N–H and O–H groups in total. The van der Waals surface area contributed by atoms with Gasteiger partial charge in [0, 0.05) is 18.7 Å². The zero-order valence-electron chi connectivity index (χ0n) is 17.7. The van der Waals surface area contributed by atoms with Crippen LogP contribution in [0.3, 0.4) is 0 Å². The van der Waals surface area contributed by atoms with Gasteiger partial charge in [-0.15, -0.1) is 0 Å². The average molecular weight is 452 g/mol. The van der Waals surface area contributed by atoms with Gasteiger partial charge in [-0.1, -0.05) is 24.3 Å². The summed E-state index contributed by atoms with van der Waals surface area (Å²) in [5, 5.41) is 2.95. The van der Waals surface area contributed by atoms with Crippen molar-refractivity contribution in [3.63, 3.8) is 0 Å². The van der Waals surface area contributed by atoms with E-state index in [0.29, 0.717) is 17.0 Å². The summed E-state index contributed by atoms with van der Waals surface area (Å²) in [4.78, 5) is 15.1. The zero-order valence-corrected chi connectivity index (χ0v) is 18.6. The number of anilines is 3. The summed E-state index contributed by atoms with van der Waals surface area (Å²) >= 11 is 0. The van der Waals surface area contributed by atoms with Crippen molar-refractivity contribution in [2.24, 2.45) is 0 Å². The van der Waals surface area contributed by atoms with Crippen molar-refractivity contribution < 1.29 is 17.9 Å². The predicted octanol–water partition coefficient (Wildman–Crippen LogP) is 4.35. The number of benzene rings is 3. The first-order chi connectivity index (χ1) is 15.5. The third-order valence-electron chi connectivity index (χ3n) is 5.38. The number of para-hydroxylation sites is 4. The van der Waals surface area contributed by atoms with Crippen LogP contribution in [-0.4, -0.2) is 34.5 Å². The van der Waals surface area contributed by atoms with E-state index in [-0.39, 0.29) is 10.8 Å². The van der Waals surface area contributed by atoms with Crippen molar-refractivity contribution in [1.82, 2.24) is 0 Å². The number of sulfonamides is 1. The number of carbonyl (C=O) groups excluding carboxylic acids is 1. The van der Waals surface area contributed by atoms with Crippen LogP contribution in [0.4, 0.5) is 17.1 Å². The van der Waals surface area contributed by atoms with E-state index in [0.717, 1.165) is 37.3 Å². The summed E-state index contributed by atoms with van der Waals surface area (Å²) in [5.41, 5.74) is 2.46. The Balaban J connectivity index is 1.50. The van der Waals surface area contributed by atoms with Crippen LogP contribution in [0.15, 0.2) is 77.7 Å². The largest absolute Gasteiger partial charge is 0.495 e. The summed E-state index contributed by atoms with van der Waals surface area (Å²) in [6, 6.07) is 20.3. The average Bonchev–Trinajstić information content (AvgIpc) is 3.34. The van der Waals surface area contributed by atoms with Crippen molar-refractivity contribution in [3.8, 4) is 5.75 Å². The van der Waals surface area contributed by atoms with Gasteiger partial charge in [-0.25, -0.2) is 8.42 Å². The third kappa shape index (κ3) is 4.70. The number of amides is 1. The van der Waals surface area contributed by atoms with Crippen LogP contribution < -0.4 is 19.7 Å². The van der Waals surface area contributed by atoms with E-state index in [1.807, 2.05) is 24.3 Å². The fourth-order valence-electron chi connectivity index (χ4n) is 3.73. The molecule has 32 heavy (non-hydrogen) atoms. The highest BCUT2D eigenvalue weighted by atomic mass is 32.2. The maximum atomic E-state index is 12.8. The third-order valence-corrected chi connectivity index (χ3v) is 6.76. The molecule has 3 aromatic carbocycles. The Kier molecular flexibility index (Phi) is 6.32. The molecule has 0 saturated carbocycles. The van der Waals surface area contributed by atoms with Gasteiger partial charge in [-0.3, -0.25) is 9.52 Å². The molecule has 1 fully saturated rings. The number of carbonyl (C=O) groups is 1. The SMILES string of the molecule is COc1ccccc1NS(=O)(=O)c1ccc(C(=O)Nc2ccccc2N2CCCC2)cc1. The molecular formula is C24H25N3O4S. The molecule has 3 aromatic rings. The van der Waals surface area contributed by atoms with Crippen molar-refractivity contribution in [2.45, 2.75) is 17.7 Å². The van der Waals surface area contributed by atoms with Gasteiger partial charge in [0.15, 0.2) is 0 Å². The highest BCUT2D eigenvalue weighted by Crippen LogP contribution is 2.29. The van der Waals surface area contributed by atoms with Gasteiger partial charge in [0.05, 0.1) is 29.1 Å². The minimum Gasteiger partial charge on any atom is -0.495 e. The Labute approximate surface area is 188 Å². The normalized spacial score (nSPS) is 13.6.